The lowest BCUT2D eigenvalue weighted by Gasteiger charge is -1.98. The summed E-state index contributed by atoms with van der Waals surface area (Å²) in [6.45, 7) is 0.759. The van der Waals surface area contributed by atoms with Crippen molar-refractivity contribution in [3.05, 3.63) is 32.1 Å². The van der Waals surface area contributed by atoms with Crippen LogP contribution in [0, 0.1) is 0 Å². The first-order chi connectivity index (χ1) is 6.75. The zero-order chi connectivity index (χ0) is 9.97. The summed E-state index contributed by atoms with van der Waals surface area (Å²) in [6.07, 6.45) is 3.55. The van der Waals surface area contributed by atoms with Crippen LogP contribution in [0.5, 0.6) is 0 Å². The van der Waals surface area contributed by atoms with Crippen molar-refractivity contribution in [2.75, 3.05) is 5.32 Å². The third kappa shape index (κ3) is 2.29. The molecule has 0 saturated heterocycles. The molecule has 2 heterocycles. The molecule has 0 aliphatic heterocycles. The molecule has 0 aliphatic rings. The molecular weight excluding hydrogens is 286 g/mol. The van der Waals surface area contributed by atoms with Crippen molar-refractivity contribution in [3.8, 4) is 0 Å². The van der Waals surface area contributed by atoms with Gasteiger partial charge in [-0.2, -0.15) is 5.10 Å². The minimum absolute atomic E-state index is 0.759. The van der Waals surface area contributed by atoms with Gasteiger partial charge in [-0.15, -0.1) is 11.3 Å². The first-order valence-electron chi connectivity index (χ1n) is 3.92. The molecular formula is C8H7BrClN3S. The van der Waals surface area contributed by atoms with E-state index in [-0.39, 0.29) is 0 Å². The van der Waals surface area contributed by atoms with E-state index in [1.807, 2.05) is 12.3 Å². The molecule has 0 aliphatic carbocycles. The molecule has 0 fully saturated rings. The van der Waals surface area contributed by atoms with Gasteiger partial charge in [-0.25, -0.2) is 0 Å². The van der Waals surface area contributed by atoms with E-state index in [4.69, 9.17) is 11.6 Å². The number of hydrogen-bond acceptors (Lipinski definition) is 3. The van der Waals surface area contributed by atoms with Gasteiger partial charge >= 0.3 is 0 Å². The van der Waals surface area contributed by atoms with E-state index < -0.39 is 0 Å². The van der Waals surface area contributed by atoms with Crippen LogP contribution in [0.25, 0.3) is 0 Å². The average Bonchev–Trinajstić information content (AvgIpc) is 2.74. The summed E-state index contributed by atoms with van der Waals surface area (Å²) >= 11 is 10.8. The first-order valence-corrected chi connectivity index (χ1v) is 5.91. The normalized spacial score (nSPS) is 10.4. The summed E-state index contributed by atoms with van der Waals surface area (Å²) in [5.74, 6) is 0. The second-order valence-electron chi connectivity index (χ2n) is 2.67. The zero-order valence-corrected chi connectivity index (χ0v) is 10.2. The monoisotopic (exact) mass is 291 g/mol. The molecule has 0 atom stereocenters. The molecule has 0 amide bonds. The molecule has 3 nitrogen and oxygen atoms in total. The Kier molecular flexibility index (Phi) is 3.10. The van der Waals surface area contributed by atoms with Crippen LogP contribution < -0.4 is 5.32 Å². The Balaban J connectivity index is 1.98. The molecule has 74 valence electrons. The smallest absolute Gasteiger partial charge is 0.107 e. The molecule has 0 spiro atoms. The maximum atomic E-state index is 5.92. The lowest BCUT2D eigenvalue weighted by atomic mass is 10.4. The Morgan fingerprint density at radius 1 is 1.64 bits per heavy atom. The highest BCUT2D eigenvalue weighted by atomic mass is 79.9. The fraction of sp³-hybridized carbons (Fsp3) is 0.125. The molecule has 0 unspecified atom stereocenters. The van der Waals surface area contributed by atoms with Crippen molar-refractivity contribution in [1.29, 1.82) is 0 Å². The Bertz CT molecular complexity index is 393. The third-order valence-electron chi connectivity index (χ3n) is 1.66. The summed E-state index contributed by atoms with van der Waals surface area (Å²) in [6, 6.07) is 2.01. The Morgan fingerprint density at radius 3 is 3.07 bits per heavy atom. The lowest BCUT2D eigenvalue weighted by molar-refractivity contribution is 1.09. The number of rotatable bonds is 3. The molecule has 6 heteroatoms. The summed E-state index contributed by atoms with van der Waals surface area (Å²) in [7, 11) is 0. The number of nitrogens with zero attached hydrogens (tertiary/aromatic N) is 1. The van der Waals surface area contributed by atoms with Crippen LogP contribution in [0.15, 0.2) is 22.9 Å². The topological polar surface area (TPSA) is 40.7 Å². The van der Waals surface area contributed by atoms with Crippen molar-refractivity contribution in [2.24, 2.45) is 0 Å². The lowest BCUT2D eigenvalue weighted by Crippen LogP contribution is -1.95. The predicted octanol–water partition coefficient (Wildman–Crippen LogP) is 3.50. The van der Waals surface area contributed by atoms with Gasteiger partial charge in [0, 0.05) is 22.1 Å². The van der Waals surface area contributed by atoms with Gasteiger partial charge in [-0.1, -0.05) is 11.6 Å². The summed E-state index contributed by atoms with van der Waals surface area (Å²) in [5, 5.41) is 9.79. The van der Waals surface area contributed by atoms with Gasteiger partial charge in [-0.3, -0.25) is 5.10 Å². The molecule has 0 saturated carbocycles. The van der Waals surface area contributed by atoms with Gasteiger partial charge in [0.05, 0.1) is 11.9 Å². The maximum absolute atomic E-state index is 5.92. The van der Waals surface area contributed by atoms with E-state index in [1.54, 1.807) is 17.5 Å². The van der Waals surface area contributed by atoms with Crippen molar-refractivity contribution >= 4 is 44.6 Å². The van der Waals surface area contributed by atoms with E-state index in [9.17, 15) is 0 Å². The van der Waals surface area contributed by atoms with E-state index in [0.29, 0.717) is 0 Å². The minimum Gasteiger partial charge on any atom is -0.378 e. The Labute approximate surface area is 98.6 Å². The molecule has 2 aromatic heterocycles. The van der Waals surface area contributed by atoms with Crippen molar-refractivity contribution < 1.29 is 0 Å². The van der Waals surface area contributed by atoms with Crippen LogP contribution in [0.3, 0.4) is 0 Å². The number of thiophene rings is 1. The van der Waals surface area contributed by atoms with Crippen LogP contribution in [0.1, 0.15) is 4.88 Å². The second-order valence-corrected chi connectivity index (χ2v) is 5.27. The van der Waals surface area contributed by atoms with Crippen LogP contribution in [-0.4, -0.2) is 10.2 Å². The van der Waals surface area contributed by atoms with Crippen LogP contribution >= 0.6 is 38.9 Å². The predicted molar refractivity (Wildman–Crippen MR) is 62.9 cm³/mol. The summed E-state index contributed by atoms with van der Waals surface area (Å²) < 4.78 is 1.74. The highest BCUT2D eigenvalue weighted by Gasteiger charge is 2.03. The fourth-order valence-electron chi connectivity index (χ4n) is 1.02. The Hall–Kier alpha value is -0.520. The number of H-pyrrole nitrogens is 1. The van der Waals surface area contributed by atoms with Crippen LogP contribution in [0.4, 0.5) is 5.69 Å². The molecule has 0 aromatic carbocycles. The van der Waals surface area contributed by atoms with E-state index in [2.05, 4.69) is 31.4 Å². The standard InChI is InChI=1S/C8H7BrClN3S/c9-7-1-6(14-8(7)10)4-11-5-2-12-13-3-5/h1-3,11H,4H2,(H,12,13). The van der Waals surface area contributed by atoms with Gasteiger partial charge in [0.15, 0.2) is 0 Å². The molecule has 2 aromatic rings. The summed E-state index contributed by atoms with van der Waals surface area (Å²) in [5.41, 5.74) is 0.977. The van der Waals surface area contributed by atoms with E-state index in [0.717, 1.165) is 21.0 Å². The number of halogens is 2. The SMILES string of the molecule is Clc1sc(CNc2cn[nH]c2)cc1Br. The number of anilines is 1. The first kappa shape index (κ1) is 10.0. The van der Waals surface area contributed by atoms with Crippen molar-refractivity contribution in [3.63, 3.8) is 0 Å². The van der Waals surface area contributed by atoms with Crippen molar-refractivity contribution in [2.45, 2.75) is 6.54 Å². The van der Waals surface area contributed by atoms with Crippen LogP contribution in [0.2, 0.25) is 4.34 Å². The largest absolute Gasteiger partial charge is 0.378 e. The molecule has 0 bridgehead atoms. The second kappa shape index (κ2) is 4.33. The van der Waals surface area contributed by atoms with Gasteiger partial charge in [0.1, 0.15) is 4.34 Å². The van der Waals surface area contributed by atoms with Gasteiger partial charge < -0.3 is 5.32 Å². The number of hydrogen-bond donors (Lipinski definition) is 2. The number of nitrogens with one attached hydrogen (secondary N) is 2. The quantitative estimate of drug-likeness (QED) is 0.909. The Morgan fingerprint density at radius 2 is 2.50 bits per heavy atom. The molecule has 0 radical (unpaired) electrons. The van der Waals surface area contributed by atoms with E-state index >= 15 is 0 Å². The highest BCUT2D eigenvalue weighted by molar-refractivity contribution is 9.10. The van der Waals surface area contributed by atoms with Crippen molar-refractivity contribution in [1.82, 2.24) is 10.2 Å². The molecule has 2 N–H and O–H groups in total. The number of aromatic amines is 1. The van der Waals surface area contributed by atoms with Gasteiger partial charge in [0.25, 0.3) is 0 Å². The number of aromatic nitrogens is 2. The molecule has 14 heavy (non-hydrogen) atoms. The fourth-order valence-corrected chi connectivity index (χ4v) is 2.75. The van der Waals surface area contributed by atoms with Crippen LogP contribution in [-0.2, 0) is 6.54 Å². The maximum Gasteiger partial charge on any atom is 0.107 e. The molecule has 2 rings (SSSR count). The highest BCUT2D eigenvalue weighted by Crippen LogP contribution is 2.32. The zero-order valence-electron chi connectivity index (χ0n) is 7.05. The third-order valence-corrected chi connectivity index (χ3v) is 4.14. The van der Waals surface area contributed by atoms with Gasteiger partial charge in [0.2, 0.25) is 0 Å². The van der Waals surface area contributed by atoms with Gasteiger partial charge in [-0.05, 0) is 22.0 Å². The minimum atomic E-state index is 0.759. The van der Waals surface area contributed by atoms with E-state index in [1.165, 1.54) is 4.88 Å². The summed E-state index contributed by atoms with van der Waals surface area (Å²) in [4.78, 5) is 1.18. The average molecular weight is 293 g/mol.